The molecule has 2 aromatic rings. The monoisotopic (exact) mass is 396 g/mol. The molecule has 0 unspecified atom stereocenters. The zero-order valence-corrected chi connectivity index (χ0v) is 15.8. The van der Waals surface area contributed by atoms with Crippen molar-refractivity contribution in [1.82, 2.24) is 5.32 Å². The smallest absolute Gasteiger partial charge is 0.243 e. The van der Waals surface area contributed by atoms with Gasteiger partial charge in [-0.25, -0.2) is 0 Å². The van der Waals surface area contributed by atoms with Gasteiger partial charge in [-0.15, -0.1) is 0 Å². The van der Waals surface area contributed by atoms with E-state index in [2.05, 4.69) is 10.6 Å². The van der Waals surface area contributed by atoms with Crippen LogP contribution in [0.3, 0.4) is 0 Å². The molecule has 0 atom stereocenters. The summed E-state index contributed by atoms with van der Waals surface area (Å²) < 4.78 is 10.4. The first-order valence-corrected chi connectivity index (χ1v) is 8.41. The van der Waals surface area contributed by atoms with Crippen LogP contribution < -0.4 is 20.1 Å². The van der Waals surface area contributed by atoms with Crippen molar-refractivity contribution in [2.24, 2.45) is 0 Å². The van der Waals surface area contributed by atoms with Crippen LogP contribution in [0, 0.1) is 0 Å². The number of carbonyl (C=O) groups is 2. The van der Waals surface area contributed by atoms with Crippen molar-refractivity contribution in [1.29, 1.82) is 0 Å². The summed E-state index contributed by atoms with van der Waals surface area (Å²) in [7, 11) is 3.06. The Morgan fingerprint density at radius 2 is 1.65 bits per heavy atom. The van der Waals surface area contributed by atoms with E-state index in [1.54, 1.807) is 30.3 Å². The third kappa shape index (κ3) is 5.54. The number of hydrogen-bond donors (Lipinski definition) is 2. The van der Waals surface area contributed by atoms with Crippen LogP contribution in [0.4, 0.5) is 5.69 Å². The first-order chi connectivity index (χ1) is 12.4. The third-order valence-electron chi connectivity index (χ3n) is 3.46. The summed E-state index contributed by atoms with van der Waals surface area (Å²) in [5.74, 6) is 0.457. The molecule has 0 bridgehead atoms. The largest absolute Gasteiger partial charge is 0.493 e. The lowest BCUT2D eigenvalue weighted by Crippen LogP contribution is -2.33. The standard InChI is InChI=1S/C18H18Cl2N2O4/c1-25-15-6-3-11(7-16(15)26-2)8-17(23)21-10-18(24)22-12-4-5-13(19)14(20)9-12/h3-7,9H,8,10H2,1-2H3,(H,21,23)(H,22,24). The summed E-state index contributed by atoms with van der Waals surface area (Å²) in [5.41, 5.74) is 1.24. The van der Waals surface area contributed by atoms with Gasteiger partial charge in [-0.05, 0) is 35.9 Å². The summed E-state index contributed by atoms with van der Waals surface area (Å²) in [4.78, 5) is 23.9. The lowest BCUT2D eigenvalue weighted by atomic mass is 10.1. The Kier molecular flexibility index (Phi) is 7.12. The van der Waals surface area contributed by atoms with Gasteiger partial charge in [-0.1, -0.05) is 29.3 Å². The molecule has 0 aliphatic carbocycles. The van der Waals surface area contributed by atoms with Crippen LogP contribution in [0.15, 0.2) is 36.4 Å². The van der Waals surface area contributed by atoms with E-state index in [1.165, 1.54) is 20.3 Å². The van der Waals surface area contributed by atoms with Crippen LogP contribution in [-0.2, 0) is 16.0 Å². The zero-order valence-electron chi connectivity index (χ0n) is 14.3. The van der Waals surface area contributed by atoms with E-state index in [4.69, 9.17) is 32.7 Å². The fourth-order valence-electron chi connectivity index (χ4n) is 2.20. The number of rotatable bonds is 7. The van der Waals surface area contributed by atoms with E-state index in [0.717, 1.165) is 5.56 Å². The average Bonchev–Trinajstić information content (AvgIpc) is 2.63. The Morgan fingerprint density at radius 3 is 2.31 bits per heavy atom. The van der Waals surface area contributed by atoms with E-state index in [-0.39, 0.29) is 24.8 Å². The minimum Gasteiger partial charge on any atom is -0.493 e. The van der Waals surface area contributed by atoms with Crippen molar-refractivity contribution in [3.05, 3.63) is 52.0 Å². The molecule has 6 nitrogen and oxygen atoms in total. The number of methoxy groups -OCH3 is 2. The highest BCUT2D eigenvalue weighted by Crippen LogP contribution is 2.27. The molecule has 0 radical (unpaired) electrons. The molecule has 26 heavy (non-hydrogen) atoms. The van der Waals surface area contributed by atoms with E-state index in [1.807, 2.05) is 0 Å². The van der Waals surface area contributed by atoms with Gasteiger partial charge in [-0.3, -0.25) is 9.59 Å². The summed E-state index contributed by atoms with van der Waals surface area (Å²) >= 11 is 11.7. The van der Waals surface area contributed by atoms with Gasteiger partial charge in [0.2, 0.25) is 11.8 Å². The molecule has 138 valence electrons. The second kappa shape index (κ2) is 9.31. The lowest BCUT2D eigenvalue weighted by molar-refractivity contribution is -0.123. The first-order valence-electron chi connectivity index (χ1n) is 7.65. The Morgan fingerprint density at radius 1 is 0.923 bits per heavy atom. The van der Waals surface area contributed by atoms with Gasteiger partial charge < -0.3 is 20.1 Å². The molecule has 8 heteroatoms. The number of nitrogens with one attached hydrogen (secondary N) is 2. The van der Waals surface area contributed by atoms with Crippen molar-refractivity contribution in [2.75, 3.05) is 26.1 Å². The Balaban J connectivity index is 1.86. The molecule has 2 amide bonds. The van der Waals surface area contributed by atoms with Crippen LogP contribution >= 0.6 is 23.2 Å². The first kappa shape index (κ1) is 19.9. The molecule has 0 heterocycles. The molecule has 0 aliphatic heterocycles. The second-order valence-electron chi connectivity index (χ2n) is 5.32. The average molecular weight is 397 g/mol. The number of benzene rings is 2. The van der Waals surface area contributed by atoms with Gasteiger partial charge in [-0.2, -0.15) is 0 Å². The molecule has 0 saturated heterocycles. The topological polar surface area (TPSA) is 76.7 Å². The van der Waals surface area contributed by atoms with E-state index in [9.17, 15) is 9.59 Å². The number of halogens is 2. The molecule has 0 fully saturated rings. The zero-order chi connectivity index (χ0) is 19.1. The molecule has 2 aromatic carbocycles. The highest BCUT2D eigenvalue weighted by atomic mass is 35.5. The van der Waals surface area contributed by atoms with Gasteiger partial charge in [0.05, 0.1) is 37.2 Å². The maximum atomic E-state index is 12.0. The number of hydrogen-bond acceptors (Lipinski definition) is 4. The summed E-state index contributed by atoms with van der Waals surface area (Å²) in [6.07, 6.45) is 0.112. The molecule has 0 aromatic heterocycles. The van der Waals surface area contributed by atoms with Gasteiger partial charge in [0.15, 0.2) is 11.5 Å². The summed E-state index contributed by atoms with van der Waals surface area (Å²) in [6, 6.07) is 9.93. The van der Waals surface area contributed by atoms with Crippen LogP contribution in [0.5, 0.6) is 11.5 Å². The molecule has 2 rings (SSSR count). The minimum absolute atomic E-state index is 0.112. The summed E-state index contributed by atoms with van der Waals surface area (Å²) in [6.45, 7) is -0.160. The van der Waals surface area contributed by atoms with E-state index < -0.39 is 0 Å². The quantitative estimate of drug-likeness (QED) is 0.752. The number of ether oxygens (including phenoxy) is 2. The van der Waals surface area contributed by atoms with Gasteiger partial charge in [0.25, 0.3) is 0 Å². The van der Waals surface area contributed by atoms with Crippen LogP contribution in [-0.4, -0.2) is 32.6 Å². The number of anilines is 1. The van der Waals surface area contributed by atoms with Crippen molar-refractivity contribution in [3.8, 4) is 11.5 Å². The predicted octanol–water partition coefficient (Wildman–Crippen LogP) is 3.31. The molecule has 0 aliphatic rings. The Bertz CT molecular complexity index is 812. The van der Waals surface area contributed by atoms with Crippen molar-refractivity contribution >= 4 is 40.7 Å². The fourth-order valence-corrected chi connectivity index (χ4v) is 2.49. The second-order valence-corrected chi connectivity index (χ2v) is 6.13. The van der Waals surface area contributed by atoms with Crippen LogP contribution in [0.25, 0.3) is 0 Å². The summed E-state index contributed by atoms with van der Waals surface area (Å²) in [5, 5.41) is 5.92. The van der Waals surface area contributed by atoms with Crippen molar-refractivity contribution < 1.29 is 19.1 Å². The highest BCUT2D eigenvalue weighted by Gasteiger charge is 2.10. The van der Waals surface area contributed by atoms with Crippen LogP contribution in [0.1, 0.15) is 5.56 Å². The molecule has 0 saturated carbocycles. The van der Waals surface area contributed by atoms with Crippen molar-refractivity contribution in [2.45, 2.75) is 6.42 Å². The Labute approximate surface area is 161 Å². The van der Waals surface area contributed by atoms with E-state index in [0.29, 0.717) is 27.2 Å². The molecular formula is C18H18Cl2N2O4. The van der Waals surface area contributed by atoms with Gasteiger partial charge in [0.1, 0.15) is 0 Å². The van der Waals surface area contributed by atoms with Crippen LogP contribution in [0.2, 0.25) is 10.0 Å². The normalized spacial score (nSPS) is 10.2. The fraction of sp³-hybridized carbons (Fsp3) is 0.222. The maximum absolute atomic E-state index is 12.0. The SMILES string of the molecule is COc1ccc(CC(=O)NCC(=O)Nc2ccc(Cl)c(Cl)c2)cc1OC. The predicted molar refractivity (Wildman–Crippen MR) is 101 cm³/mol. The van der Waals surface area contributed by atoms with Gasteiger partial charge in [0, 0.05) is 5.69 Å². The van der Waals surface area contributed by atoms with Crippen molar-refractivity contribution in [3.63, 3.8) is 0 Å². The molecular weight excluding hydrogens is 379 g/mol. The Hall–Kier alpha value is -2.44. The number of carbonyl (C=O) groups excluding carboxylic acids is 2. The molecule has 2 N–H and O–H groups in total. The minimum atomic E-state index is -0.371. The number of amides is 2. The molecule has 0 spiro atoms. The third-order valence-corrected chi connectivity index (χ3v) is 4.20. The van der Waals surface area contributed by atoms with E-state index >= 15 is 0 Å². The maximum Gasteiger partial charge on any atom is 0.243 e. The highest BCUT2D eigenvalue weighted by molar-refractivity contribution is 6.42. The lowest BCUT2D eigenvalue weighted by Gasteiger charge is -2.10. The van der Waals surface area contributed by atoms with Gasteiger partial charge >= 0.3 is 0 Å².